The molecule has 0 unspecified atom stereocenters. The zero-order valence-corrected chi connectivity index (χ0v) is 12.8. The molecule has 23 heavy (non-hydrogen) atoms. The van der Waals surface area contributed by atoms with E-state index in [4.69, 9.17) is 16.3 Å². The van der Waals surface area contributed by atoms with Crippen molar-refractivity contribution in [2.45, 2.75) is 6.54 Å². The second-order valence-corrected chi connectivity index (χ2v) is 5.42. The highest BCUT2D eigenvalue weighted by atomic mass is 35.5. The second-order valence-electron chi connectivity index (χ2n) is 4.98. The van der Waals surface area contributed by atoms with Gasteiger partial charge >= 0.3 is 6.03 Å². The molecule has 2 aromatic carbocycles. The van der Waals surface area contributed by atoms with Gasteiger partial charge in [-0.2, -0.15) is 0 Å². The molecule has 0 aromatic heterocycles. The van der Waals surface area contributed by atoms with Crippen LogP contribution in [-0.4, -0.2) is 18.5 Å². The Morgan fingerprint density at radius 3 is 2.78 bits per heavy atom. The van der Waals surface area contributed by atoms with Gasteiger partial charge in [-0.1, -0.05) is 23.7 Å². The highest BCUT2D eigenvalue weighted by molar-refractivity contribution is 6.30. The third-order valence-electron chi connectivity index (χ3n) is 3.24. The summed E-state index contributed by atoms with van der Waals surface area (Å²) in [7, 11) is 0. The lowest BCUT2D eigenvalue weighted by Gasteiger charge is -2.18. The number of fused-ring (bicyclic) bond motifs is 1. The number of benzene rings is 2. The molecule has 0 saturated carbocycles. The van der Waals surface area contributed by atoms with E-state index in [1.54, 1.807) is 30.3 Å². The first-order chi connectivity index (χ1) is 11.1. The number of carbonyl (C=O) groups is 2. The molecule has 1 aliphatic heterocycles. The number of ether oxygens (including phenoxy) is 1. The number of hydrogen-bond donors (Lipinski definition) is 3. The molecule has 7 heteroatoms. The first-order valence-electron chi connectivity index (χ1n) is 6.96. The van der Waals surface area contributed by atoms with E-state index < -0.39 is 0 Å². The summed E-state index contributed by atoms with van der Waals surface area (Å²) in [5.74, 6) is 0.332. The van der Waals surface area contributed by atoms with E-state index in [-0.39, 0.29) is 18.5 Å². The lowest BCUT2D eigenvalue weighted by Crippen LogP contribution is -2.28. The number of rotatable bonds is 3. The summed E-state index contributed by atoms with van der Waals surface area (Å²) in [5, 5.41) is 8.81. The van der Waals surface area contributed by atoms with Gasteiger partial charge in [-0.15, -0.1) is 0 Å². The largest absolute Gasteiger partial charge is 0.482 e. The SMILES string of the molecule is O=C1COc2cc(NC(=O)NCc3ccc(Cl)cc3)ccc2N1. The molecule has 3 amide bonds. The Morgan fingerprint density at radius 1 is 1.22 bits per heavy atom. The van der Waals surface area contributed by atoms with Gasteiger partial charge in [0.2, 0.25) is 0 Å². The number of nitrogens with one attached hydrogen (secondary N) is 3. The molecule has 6 nitrogen and oxygen atoms in total. The zero-order chi connectivity index (χ0) is 16.2. The van der Waals surface area contributed by atoms with Crippen molar-refractivity contribution in [3.63, 3.8) is 0 Å². The Balaban J connectivity index is 1.57. The Morgan fingerprint density at radius 2 is 2.00 bits per heavy atom. The second kappa shape index (κ2) is 6.58. The molecule has 0 fully saturated rings. The minimum Gasteiger partial charge on any atom is -0.482 e. The summed E-state index contributed by atoms with van der Waals surface area (Å²) in [4.78, 5) is 23.1. The molecule has 0 radical (unpaired) electrons. The standard InChI is InChI=1S/C16H14ClN3O3/c17-11-3-1-10(2-4-11)8-18-16(22)19-12-5-6-13-14(7-12)23-9-15(21)20-13/h1-7H,8-9H2,(H,20,21)(H2,18,19,22). The minimum atomic E-state index is -0.334. The monoisotopic (exact) mass is 331 g/mol. The van der Waals surface area contributed by atoms with Gasteiger partial charge in [-0.05, 0) is 29.8 Å². The first-order valence-corrected chi connectivity index (χ1v) is 7.34. The molecular formula is C16H14ClN3O3. The Hall–Kier alpha value is -2.73. The predicted molar refractivity (Wildman–Crippen MR) is 87.9 cm³/mol. The minimum absolute atomic E-state index is 0.0286. The van der Waals surface area contributed by atoms with Crippen molar-refractivity contribution in [3.05, 3.63) is 53.1 Å². The van der Waals surface area contributed by atoms with Crippen molar-refractivity contribution in [1.82, 2.24) is 5.32 Å². The molecule has 3 N–H and O–H groups in total. The Kier molecular flexibility index (Phi) is 4.34. The van der Waals surface area contributed by atoms with Crippen LogP contribution in [0.5, 0.6) is 5.75 Å². The van der Waals surface area contributed by atoms with Crippen LogP contribution in [0.15, 0.2) is 42.5 Å². The number of carbonyl (C=O) groups excluding carboxylic acids is 2. The maximum absolute atomic E-state index is 11.9. The van der Waals surface area contributed by atoms with Gasteiger partial charge in [0.15, 0.2) is 6.61 Å². The fraction of sp³-hybridized carbons (Fsp3) is 0.125. The Labute approximate surface area is 137 Å². The topological polar surface area (TPSA) is 79.5 Å². The van der Waals surface area contributed by atoms with E-state index in [1.165, 1.54) is 0 Å². The van der Waals surface area contributed by atoms with Gasteiger partial charge in [-0.3, -0.25) is 4.79 Å². The Bertz CT molecular complexity index is 747. The molecule has 118 valence electrons. The molecule has 3 rings (SSSR count). The molecule has 1 heterocycles. The molecule has 1 aliphatic rings. The molecule has 2 aromatic rings. The molecule has 0 saturated heterocycles. The molecular weight excluding hydrogens is 318 g/mol. The van der Waals surface area contributed by atoms with Crippen LogP contribution in [0.3, 0.4) is 0 Å². The smallest absolute Gasteiger partial charge is 0.319 e. The number of hydrogen-bond acceptors (Lipinski definition) is 3. The predicted octanol–water partition coefficient (Wildman–Crippen LogP) is 2.99. The van der Waals surface area contributed by atoms with Crippen molar-refractivity contribution < 1.29 is 14.3 Å². The highest BCUT2D eigenvalue weighted by Gasteiger charge is 2.16. The zero-order valence-electron chi connectivity index (χ0n) is 12.1. The van der Waals surface area contributed by atoms with Crippen LogP contribution in [0, 0.1) is 0 Å². The van der Waals surface area contributed by atoms with E-state index in [9.17, 15) is 9.59 Å². The quantitative estimate of drug-likeness (QED) is 0.809. The first kappa shape index (κ1) is 15.2. The average Bonchev–Trinajstić information content (AvgIpc) is 2.54. The lowest BCUT2D eigenvalue weighted by atomic mass is 10.2. The maximum Gasteiger partial charge on any atom is 0.319 e. The van der Waals surface area contributed by atoms with E-state index in [0.717, 1.165) is 5.56 Å². The van der Waals surface area contributed by atoms with E-state index in [2.05, 4.69) is 16.0 Å². The van der Waals surface area contributed by atoms with Crippen molar-refractivity contribution in [1.29, 1.82) is 0 Å². The van der Waals surface area contributed by atoms with Crippen LogP contribution in [-0.2, 0) is 11.3 Å². The molecule has 0 spiro atoms. The molecule has 0 aliphatic carbocycles. The van der Waals surface area contributed by atoms with Crippen LogP contribution in [0.2, 0.25) is 5.02 Å². The van der Waals surface area contributed by atoms with E-state index in [1.807, 2.05) is 12.1 Å². The number of halogens is 1. The third-order valence-corrected chi connectivity index (χ3v) is 3.49. The van der Waals surface area contributed by atoms with Gasteiger partial charge in [0.1, 0.15) is 5.75 Å². The van der Waals surface area contributed by atoms with Crippen LogP contribution in [0.25, 0.3) is 0 Å². The van der Waals surface area contributed by atoms with Gasteiger partial charge in [0, 0.05) is 23.3 Å². The van der Waals surface area contributed by atoms with Gasteiger partial charge in [-0.25, -0.2) is 4.79 Å². The van der Waals surface area contributed by atoms with Gasteiger partial charge in [0.25, 0.3) is 5.91 Å². The van der Waals surface area contributed by atoms with Crippen molar-refractivity contribution >= 4 is 34.9 Å². The van der Waals surface area contributed by atoms with Gasteiger partial charge in [0.05, 0.1) is 5.69 Å². The van der Waals surface area contributed by atoms with Crippen LogP contribution >= 0.6 is 11.6 Å². The maximum atomic E-state index is 11.9. The molecule has 0 atom stereocenters. The summed E-state index contributed by atoms with van der Waals surface area (Å²) in [5.41, 5.74) is 2.11. The number of urea groups is 1. The summed E-state index contributed by atoms with van der Waals surface area (Å²) in [6.07, 6.45) is 0. The van der Waals surface area contributed by atoms with Crippen molar-refractivity contribution in [2.24, 2.45) is 0 Å². The van der Waals surface area contributed by atoms with E-state index >= 15 is 0 Å². The van der Waals surface area contributed by atoms with Crippen LogP contribution in [0.4, 0.5) is 16.2 Å². The van der Waals surface area contributed by atoms with Gasteiger partial charge < -0.3 is 20.7 Å². The third kappa shape index (κ3) is 3.92. The van der Waals surface area contributed by atoms with Crippen molar-refractivity contribution in [3.8, 4) is 5.75 Å². The summed E-state index contributed by atoms with van der Waals surface area (Å²) in [6, 6.07) is 11.9. The summed E-state index contributed by atoms with van der Waals surface area (Å²) in [6.45, 7) is 0.361. The average molecular weight is 332 g/mol. The fourth-order valence-electron chi connectivity index (χ4n) is 2.11. The van der Waals surface area contributed by atoms with Crippen molar-refractivity contribution in [2.75, 3.05) is 17.2 Å². The fourth-order valence-corrected chi connectivity index (χ4v) is 2.24. The normalized spacial score (nSPS) is 12.7. The van der Waals surface area contributed by atoms with E-state index in [0.29, 0.717) is 28.7 Å². The van der Waals surface area contributed by atoms with Crippen LogP contribution in [0.1, 0.15) is 5.56 Å². The lowest BCUT2D eigenvalue weighted by molar-refractivity contribution is -0.118. The molecule has 0 bridgehead atoms. The highest BCUT2D eigenvalue weighted by Crippen LogP contribution is 2.30. The number of amides is 3. The summed E-state index contributed by atoms with van der Waals surface area (Å²) >= 11 is 5.81. The van der Waals surface area contributed by atoms with Crippen LogP contribution < -0.4 is 20.7 Å². The summed E-state index contributed by atoms with van der Waals surface area (Å²) < 4.78 is 5.30. The number of anilines is 2.